The number of ketones is 2. The molecule has 10 heteroatoms. The average molecular weight is 681 g/mol. The predicted octanol–water partition coefficient (Wildman–Crippen LogP) is 4.64. The number of esters is 1. The van der Waals surface area contributed by atoms with E-state index in [1.54, 1.807) is 30.5 Å². The molecule has 1 fully saturated rings. The minimum Gasteiger partial charge on any atom is -0.463 e. The number of aromatic nitrogens is 1. The molecule has 0 unspecified atom stereocenters. The lowest BCUT2D eigenvalue weighted by Gasteiger charge is -2.36. The van der Waals surface area contributed by atoms with Crippen LogP contribution in [0.5, 0.6) is 0 Å². The summed E-state index contributed by atoms with van der Waals surface area (Å²) < 4.78 is 12.2. The molecule has 5 aliphatic rings. The van der Waals surface area contributed by atoms with E-state index in [4.69, 9.17) is 9.47 Å². The Balaban J connectivity index is 1.13. The Morgan fingerprint density at radius 3 is 2.72 bits per heavy atom. The Bertz CT molecular complexity index is 1780. The molecule has 0 bridgehead atoms. The molecule has 7 rings (SSSR count). The zero-order valence-electron chi connectivity index (χ0n) is 29.2. The van der Waals surface area contributed by atoms with Gasteiger partial charge in [-0.2, -0.15) is 0 Å². The van der Waals surface area contributed by atoms with Crippen LogP contribution in [0.25, 0.3) is 0 Å². The van der Waals surface area contributed by atoms with Gasteiger partial charge >= 0.3 is 5.97 Å². The number of nitrogens with one attached hydrogen (secondary N) is 3. The van der Waals surface area contributed by atoms with Crippen molar-refractivity contribution < 1.29 is 29.0 Å². The second kappa shape index (κ2) is 14.0. The fourth-order valence-corrected chi connectivity index (χ4v) is 8.59. The Hall–Kier alpha value is -3.96. The lowest BCUT2D eigenvalue weighted by Crippen LogP contribution is -2.51. The maximum absolute atomic E-state index is 14.3. The van der Waals surface area contributed by atoms with Gasteiger partial charge in [-0.15, -0.1) is 0 Å². The quantitative estimate of drug-likeness (QED) is 0.108. The van der Waals surface area contributed by atoms with Gasteiger partial charge < -0.3 is 30.5 Å². The van der Waals surface area contributed by atoms with Gasteiger partial charge in [0.2, 0.25) is 5.78 Å². The molecule has 0 radical (unpaired) electrons. The number of ether oxygens (including phenoxy) is 2. The average Bonchev–Trinajstić information content (AvgIpc) is 3.85. The number of benzene rings is 1. The third kappa shape index (κ3) is 5.86. The highest BCUT2D eigenvalue weighted by molar-refractivity contribution is 6.32. The third-order valence-corrected chi connectivity index (χ3v) is 11.6. The van der Waals surface area contributed by atoms with Crippen molar-refractivity contribution in [2.24, 2.45) is 11.8 Å². The van der Waals surface area contributed by atoms with Crippen LogP contribution >= 0.6 is 0 Å². The van der Waals surface area contributed by atoms with E-state index < -0.39 is 28.7 Å². The van der Waals surface area contributed by atoms with Crippen molar-refractivity contribution in [1.29, 1.82) is 0 Å². The largest absolute Gasteiger partial charge is 0.463 e. The van der Waals surface area contributed by atoms with Crippen molar-refractivity contribution in [2.75, 3.05) is 32.1 Å². The zero-order valence-corrected chi connectivity index (χ0v) is 29.2. The van der Waals surface area contributed by atoms with Gasteiger partial charge in [0.15, 0.2) is 11.4 Å². The number of hydrogen-bond donors (Lipinski definition) is 4. The summed E-state index contributed by atoms with van der Waals surface area (Å²) >= 11 is 0. The van der Waals surface area contributed by atoms with E-state index in [1.807, 2.05) is 20.0 Å². The first-order valence-corrected chi connectivity index (χ1v) is 18.1. The fourth-order valence-electron chi connectivity index (χ4n) is 8.59. The number of carbonyl (C=O) groups is 3. The summed E-state index contributed by atoms with van der Waals surface area (Å²) in [5.41, 5.74) is 1.69. The lowest BCUT2D eigenvalue weighted by molar-refractivity contribution is -0.150. The number of hydrogen-bond acceptors (Lipinski definition) is 10. The van der Waals surface area contributed by atoms with Gasteiger partial charge in [0.05, 0.1) is 19.4 Å². The van der Waals surface area contributed by atoms with Crippen LogP contribution in [0.15, 0.2) is 71.5 Å². The molecule has 50 heavy (non-hydrogen) atoms. The van der Waals surface area contributed by atoms with Gasteiger partial charge in [-0.05, 0) is 99.7 Å². The molecule has 10 nitrogen and oxygen atoms in total. The molecule has 0 spiro atoms. The molecule has 0 amide bonds. The van der Waals surface area contributed by atoms with E-state index >= 15 is 0 Å². The maximum atomic E-state index is 14.3. The van der Waals surface area contributed by atoms with Gasteiger partial charge in [0.25, 0.3) is 5.60 Å². The topological polar surface area (TPSA) is 142 Å². The number of likely N-dealkylation sites (N-methyl/N-ethyl adjacent to an activating group) is 1. The first kappa shape index (κ1) is 34.5. The van der Waals surface area contributed by atoms with E-state index in [0.29, 0.717) is 24.3 Å². The van der Waals surface area contributed by atoms with E-state index in [0.717, 1.165) is 50.0 Å². The normalized spacial score (nSPS) is 29.8. The van der Waals surface area contributed by atoms with Gasteiger partial charge in [-0.3, -0.25) is 9.59 Å². The van der Waals surface area contributed by atoms with Crippen LogP contribution < -0.4 is 16.0 Å². The number of aliphatic hydroxyl groups excluding tert-OH is 1. The standard InChI is InChI=1S/C40H48N4O6/c1-4-42-33-20-27-10-6-5-9-26(27)19-28(33)23-49-38(48)40-36(47)32-12-8-7-11-31(32)35(46)39(40,50-40)21-29(22-45)24(2)13-14-25-17-18-43-37-30(25)15-16-34(41-3)44-37/h6-8,10-12,17-18,20,26,28,33-34,41-42,45H,4-5,9,13-16,19,21-23H2,1-3H3,(H,43,44)/b29-24-/t26-,28-,33+,34+,39-,40-/m0/s1. The minimum atomic E-state index is -2.09. The van der Waals surface area contributed by atoms with Gasteiger partial charge in [0.1, 0.15) is 5.82 Å². The van der Waals surface area contributed by atoms with Crippen LogP contribution in [0.3, 0.4) is 0 Å². The van der Waals surface area contributed by atoms with Crippen molar-refractivity contribution in [2.45, 2.75) is 88.6 Å². The summed E-state index contributed by atoms with van der Waals surface area (Å²) in [6, 6.07) is 8.61. The summed E-state index contributed by atoms with van der Waals surface area (Å²) in [7, 11) is 1.93. The number of aliphatic hydroxyl groups is 1. The van der Waals surface area contributed by atoms with Gasteiger partial charge in [-0.1, -0.05) is 55.0 Å². The van der Waals surface area contributed by atoms with Crippen molar-refractivity contribution in [1.82, 2.24) is 15.6 Å². The molecule has 3 aliphatic carbocycles. The number of nitrogens with zero attached hydrogens (tertiary/aromatic N) is 1. The lowest BCUT2D eigenvalue weighted by atomic mass is 9.71. The summed E-state index contributed by atoms with van der Waals surface area (Å²) in [4.78, 5) is 47.2. The van der Waals surface area contributed by atoms with Crippen LogP contribution in [-0.2, 0) is 27.1 Å². The van der Waals surface area contributed by atoms with Crippen LogP contribution in [0.2, 0.25) is 0 Å². The smallest absolute Gasteiger partial charge is 0.350 e. The van der Waals surface area contributed by atoms with Crippen LogP contribution in [0.4, 0.5) is 5.82 Å². The number of pyridine rings is 1. The molecule has 6 atom stereocenters. The van der Waals surface area contributed by atoms with E-state index in [-0.39, 0.29) is 48.9 Å². The molecular formula is C40H48N4O6. The van der Waals surface area contributed by atoms with Crippen LogP contribution in [0, 0.1) is 11.8 Å². The molecule has 1 aromatic carbocycles. The summed E-state index contributed by atoms with van der Waals surface area (Å²) in [6.07, 6.45) is 14.7. The molecule has 4 N–H and O–H groups in total. The molecule has 0 saturated carbocycles. The van der Waals surface area contributed by atoms with Gasteiger partial charge in [-0.25, -0.2) is 9.78 Å². The van der Waals surface area contributed by atoms with Crippen molar-refractivity contribution >= 4 is 23.4 Å². The first-order chi connectivity index (χ1) is 24.3. The van der Waals surface area contributed by atoms with E-state index in [1.165, 1.54) is 16.7 Å². The minimum absolute atomic E-state index is 0.0128. The Labute approximate surface area is 293 Å². The highest BCUT2D eigenvalue weighted by Crippen LogP contribution is 2.59. The first-order valence-electron chi connectivity index (χ1n) is 18.1. The molecular weight excluding hydrogens is 632 g/mol. The number of Topliss-reactive ketones (excluding diaryl/α,β-unsaturated/α-hetero) is 2. The summed E-state index contributed by atoms with van der Waals surface area (Å²) in [6.45, 7) is 4.52. The van der Waals surface area contributed by atoms with Crippen LogP contribution in [0.1, 0.15) is 84.2 Å². The Kier molecular flexibility index (Phi) is 9.64. The third-order valence-electron chi connectivity index (χ3n) is 11.6. The van der Waals surface area contributed by atoms with E-state index in [9.17, 15) is 19.5 Å². The second-order valence-electron chi connectivity index (χ2n) is 14.4. The summed E-state index contributed by atoms with van der Waals surface area (Å²) in [5.74, 6) is -0.523. The SMILES string of the molecule is CCN[C@@H]1C=C2C=CCC[C@H]2C[C@H]1COC(=O)[C@]12O[C@@]1(C/C(CO)=C(\C)CCc1ccnc3c1CC[C@H](NC)N3)C(=O)c1ccccc1C2=O. The fraction of sp³-hybridized carbons (Fsp3) is 0.500. The predicted molar refractivity (Wildman–Crippen MR) is 190 cm³/mol. The number of aryl methyl sites for hydroxylation is 1. The Morgan fingerprint density at radius 1 is 1.16 bits per heavy atom. The number of carbonyl (C=O) groups excluding carboxylic acids is 3. The Morgan fingerprint density at radius 2 is 1.96 bits per heavy atom. The number of epoxide rings is 1. The van der Waals surface area contributed by atoms with Crippen molar-refractivity contribution in [3.05, 3.63) is 93.7 Å². The number of fused-ring (bicyclic) bond motifs is 4. The van der Waals surface area contributed by atoms with Crippen molar-refractivity contribution in [3.63, 3.8) is 0 Å². The highest BCUT2D eigenvalue weighted by Gasteiger charge is 2.85. The molecule has 1 saturated heterocycles. The maximum Gasteiger partial charge on any atom is 0.350 e. The molecule has 1 aromatic heterocycles. The number of allylic oxidation sites excluding steroid dienone is 4. The number of rotatable bonds is 12. The van der Waals surface area contributed by atoms with E-state index in [2.05, 4.69) is 46.1 Å². The molecule has 2 aliphatic heterocycles. The molecule has 264 valence electrons. The molecule has 3 heterocycles. The molecule has 2 aromatic rings. The second-order valence-corrected chi connectivity index (χ2v) is 14.4. The highest BCUT2D eigenvalue weighted by atomic mass is 16.7. The summed E-state index contributed by atoms with van der Waals surface area (Å²) in [5, 5.41) is 20.9. The number of anilines is 1. The van der Waals surface area contributed by atoms with Crippen LogP contribution in [-0.4, -0.2) is 77.8 Å². The zero-order chi connectivity index (χ0) is 35.0. The van der Waals surface area contributed by atoms with Gasteiger partial charge in [0, 0.05) is 35.7 Å². The monoisotopic (exact) mass is 680 g/mol. The van der Waals surface area contributed by atoms with Crippen molar-refractivity contribution in [3.8, 4) is 0 Å².